The van der Waals surface area contributed by atoms with Gasteiger partial charge >= 0.3 is 5.91 Å². The van der Waals surface area contributed by atoms with Gasteiger partial charge in [0.25, 0.3) is 5.78 Å². The lowest BCUT2D eigenvalue weighted by Crippen LogP contribution is -2.29. The normalized spacial score (nSPS) is 16.0. The predicted octanol–water partition coefficient (Wildman–Crippen LogP) is 7.81. The fourth-order valence-corrected chi connectivity index (χ4v) is 6.53. The van der Waals surface area contributed by atoms with E-state index in [1.807, 2.05) is 54.6 Å². The summed E-state index contributed by atoms with van der Waals surface area (Å²) in [4.78, 5) is 28.5. The van der Waals surface area contributed by atoms with Crippen molar-refractivity contribution >= 4 is 45.7 Å². The maximum absolute atomic E-state index is 13.6. The van der Waals surface area contributed by atoms with Crippen LogP contribution in [0.5, 0.6) is 11.5 Å². The van der Waals surface area contributed by atoms with Crippen molar-refractivity contribution in [3.63, 3.8) is 0 Å². The summed E-state index contributed by atoms with van der Waals surface area (Å²) in [6, 6.07) is 23.2. The zero-order valence-corrected chi connectivity index (χ0v) is 26.4. The lowest BCUT2D eigenvalue weighted by molar-refractivity contribution is -0.132. The molecule has 1 aromatic heterocycles. The zero-order valence-electron chi connectivity index (χ0n) is 24.8. The summed E-state index contributed by atoms with van der Waals surface area (Å²) in [5.41, 5.74) is 2.18. The standard InChI is InChI=1S/C34H35N3O5S2/c1-3-5-20-41-26-16-12-24(13-17-26)29-28(30(38)25-14-18-27(19-15-25)42-21-6-4-2)31(39)32(40)37(29)33-35-36-34(44-33)43-22-23-10-8-7-9-11-23/h7-19,29,38H,3-6,20-22H2,1-2H3/t29-/m0/s1. The number of rotatable bonds is 14. The van der Waals surface area contributed by atoms with Crippen molar-refractivity contribution in [2.45, 2.75) is 55.7 Å². The number of aromatic nitrogens is 2. The van der Waals surface area contributed by atoms with Crippen molar-refractivity contribution in [2.75, 3.05) is 18.1 Å². The van der Waals surface area contributed by atoms with Crippen LogP contribution in [0.4, 0.5) is 5.13 Å². The summed E-state index contributed by atoms with van der Waals surface area (Å²) in [7, 11) is 0. The van der Waals surface area contributed by atoms with Crippen LogP contribution in [0.3, 0.4) is 0 Å². The van der Waals surface area contributed by atoms with Crippen LogP contribution in [0.25, 0.3) is 5.76 Å². The van der Waals surface area contributed by atoms with E-state index in [0.717, 1.165) is 31.2 Å². The Labute approximate surface area is 265 Å². The number of anilines is 1. The Hall–Kier alpha value is -4.15. The summed E-state index contributed by atoms with van der Waals surface area (Å²) >= 11 is 2.75. The van der Waals surface area contributed by atoms with Gasteiger partial charge in [0.05, 0.1) is 24.8 Å². The highest BCUT2D eigenvalue weighted by atomic mass is 32.2. The number of Topliss-reactive ketones (excluding diaryl/α,β-unsaturated/α-hetero) is 1. The van der Waals surface area contributed by atoms with Crippen molar-refractivity contribution < 1.29 is 24.2 Å². The topological polar surface area (TPSA) is 102 Å². The van der Waals surface area contributed by atoms with Gasteiger partial charge in [-0.25, -0.2) is 0 Å². The van der Waals surface area contributed by atoms with Crippen LogP contribution in [0, 0.1) is 0 Å². The van der Waals surface area contributed by atoms with Crippen molar-refractivity contribution in [3.05, 3.63) is 101 Å². The Morgan fingerprint density at radius 3 is 2.09 bits per heavy atom. The number of aliphatic hydroxyl groups is 1. The van der Waals surface area contributed by atoms with E-state index in [4.69, 9.17) is 9.47 Å². The number of amides is 1. The monoisotopic (exact) mass is 629 g/mol. The summed E-state index contributed by atoms with van der Waals surface area (Å²) < 4.78 is 12.3. The van der Waals surface area contributed by atoms with Gasteiger partial charge in [-0.2, -0.15) is 0 Å². The first-order chi connectivity index (χ1) is 21.5. The van der Waals surface area contributed by atoms with Crippen LogP contribution < -0.4 is 14.4 Å². The van der Waals surface area contributed by atoms with Gasteiger partial charge in [-0.1, -0.05) is 92.3 Å². The number of nitrogens with zero attached hydrogens (tertiary/aromatic N) is 3. The second-order valence-corrected chi connectivity index (χ2v) is 12.5. The number of hydrogen-bond acceptors (Lipinski definition) is 9. The van der Waals surface area contributed by atoms with Crippen LogP contribution >= 0.6 is 23.1 Å². The summed E-state index contributed by atoms with van der Waals surface area (Å²) in [5, 5.41) is 20.4. The molecule has 1 aliphatic rings. The molecule has 1 saturated heterocycles. The van der Waals surface area contributed by atoms with Crippen molar-refractivity contribution in [1.82, 2.24) is 10.2 Å². The van der Waals surface area contributed by atoms with E-state index in [1.54, 1.807) is 24.3 Å². The van der Waals surface area contributed by atoms with Crippen LogP contribution in [-0.4, -0.2) is 40.2 Å². The third-order valence-electron chi connectivity index (χ3n) is 7.11. The van der Waals surface area contributed by atoms with Gasteiger partial charge in [-0.15, -0.1) is 10.2 Å². The minimum atomic E-state index is -0.903. The number of hydrogen-bond donors (Lipinski definition) is 1. The molecule has 3 aromatic carbocycles. The van der Waals surface area contributed by atoms with E-state index < -0.39 is 17.7 Å². The fourth-order valence-electron chi connectivity index (χ4n) is 4.70. The number of thioether (sulfide) groups is 1. The molecule has 0 bridgehead atoms. The molecule has 1 atom stereocenters. The first-order valence-electron chi connectivity index (χ1n) is 14.8. The van der Waals surface area contributed by atoms with E-state index in [1.165, 1.54) is 28.0 Å². The molecular formula is C34H35N3O5S2. The molecule has 1 fully saturated rings. The lowest BCUT2D eigenvalue weighted by atomic mass is 9.95. The van der Waals surface area contributed by atoms with Crippen LogP contribution in [0.1, 0.15) is 62.3 Å². The SMILES string of the molecule is CCCCOc1ccc(C(O)=C2C(=O)C(=O)N(c3nnc(SCc4ccccc4)s3)[C@H]2c2ccc(OCCCC)cc2)cc1. The first kappa shape index (κ1) is 31.3. The number of carbonyl (C=O) groups excluding carboxylic acids is 2. The molecule has 0 spiro atoms. The minimum Gasteiger partial charge on any atom is -0.507 e. The fraction of sp³-hybridized carbons (Fsp3) is 0.294. The molecule has 0 aliphatic carbocycles. The first-order valence-corrected chi connectivity index (χ1v) is 16.6. The maximum atomic E-state index is 13.6. The van der Waals surface area contributed by atoms with Gasteiger partial charge < -0.3 is 14.6 Å². The van der Waals surface area contributed by atoms with E-state index >= 15 is 0 Å². The van der Waals surface area contributed by atoms with Gasteiger partial charge in [0.15, 0.2) is 4.34 Å². The second kappa shape index (κ2) is 15.0. The molecule has 228 valence electrons. The molecule has 1 aliphatic heterocycles. The average Bonchev–Trinajstić information content (AvgIpc) is 3.63. The molecule has 0 unspecified atom stereocenters. The number of ketones is 1. The van der Waals surface area contributed by atoms with E-state index in [2.05, 4.69) is 24.0 Å². The van der Waals surface area contributed by atoms with Crippen molar-refractivity contribution in [3.8, 4) is 11.5 Å². The Kier molecular flexibility index (Phi) is 10.7. The minimum absolute atomic E-state index is 0.0111. The highest BCUT2D eigenvalue weighted by Crippen LogP contribution is 2.44. The summed E-state index contributed by atoms with van der Waals surface area (Å²) in [6.07, 6.45) is 3.91. The van der Waals surface area contributed by atoms with E-state index in [0.29, 0.717) is 45.9 Å². The van der Waals surface area contributed by atoms with Gasteiger partial charge in [0.2, 0.25) is 5.13 Å². The lowest BCUT2D eigenvalue weighted by Gasteiger charge is -2.22. The van der Waals surface area contributed by atoms with Gasteiger partial charge in [0, 0.05) is 11.3 Å². The number of carbonyl (C=O) groups is 2. The third kappa shape index (κ3) is 7.31. The summed E-state index contributed by atoms with van der Waals surface area (Å²) in [6.45, 7) is 5.39. The largest absolute Gasteiger partial charge is 0.507 e. The average molecular weight is 630 g/mol. The summed E-state index contributed by atoms with van der Waals surface area (Å²) in [5.74, 6) is 0.230. The van der Waals surface area contributed by atoms with Crippen molar-refractivity contribution in [2.24, 2.45) is 0 Å². The molecule has 1 N–H and O–H groups in total. The van der Waals surface area contributed by atoms with Gasteiger partial charge in [-0.3, -0.25) is 14.5 Å². The Morgan fingerprint density at radius 2 is 1.48 bits per heavy atom. The Morgan fingerprint density at radius 1 is 0.864 bits per heavy atom. The number of ether oxygens (including phenoxy) is 2. The third-order valence-corrected chi connectivity index (χ3v) is 9.24. The highest BCUT2D eigenvalue weighted by Gasteiger charge is 2.48. The molecule has 5 rings (SSSR count). The van der Waals surface area contributed by atoms with E-state index in [-0.39, 0.29) is 16.5 Å². The maximum Gasteiger partial charge on any atom is 0.301 e. The molecule has 44 heavy (non-hydrogen) atoms. The quantitative estimate of drug-likeness (QED) is 0.0376. The molecule has 1 amide bonds. The predicted molar refractivity (Wildman–Crippen MR) is 174 cm³/mol. The number of aliphatic hydroxyl groups excluding tert-OH is 1. The molecule has 10 heteroatoms. The smallest absolute Gasteiger partial charge is 0.301 e. The zero-order chi connectivity index (χ0) is 30.9. The van der Waals surface area contributed by atoms with Crippen molar-refractivity contribution in [1.29, 1.82) is 0 Å². The molecule has 8 nitrogen and oxygen atoms in total. The molecular weight excluding hydrogens is 595 g/mol. The molecule has 0 radical (unpaired) electrons. The Balaban J connectivity index is 1.48. The van der Waals surface area contributed by atoms with Gasteiger partial charge in [0.1, 0.15) is 17.3 Å². The molecule has 0 saturated carbocycles. The van der Waals surface area contributed by atoms with Crippen LogP contribution in [0.2, 0.25) is 0 Å². The number of benzene rings is 3. The Bertz CT molecular complexity index is 1590. The van der Waals surface area contributed by atoms with E-state index in [9.17, 15) is 14.7 Å². The van der Waals surface area contributed by atoms with Crippen LogP contribution in [-0.2, 0) is 15.3 Å². The highest BCUT2D eigenvalue weighted by molar-refractivity contribution is 8.00. The van der Waals surface area contributed by atoms with Gasteiger partial charge in [-0.05, 0) is 60.4 Å². The molecule has 2 heterocycles. The molecule has 4 aromatic rings. The van der Waals surface area contributed by atoms with Crippen LogP contribution in [0.15, 0.2) is 88.8 Å². The second-order valence-electron chi connectivity index (χ2n) is 10.3. The number of unbranched alkanes of at least 4 members (excludes halogenated alkanes) is 2.